The van der Waals surface area contributed by atoms with E-state index in [2.05, 4.69) is 22.4 Å². The first-order chi connectivity index (χ1) is 9.28. The molecule has 0 fully saturated rings. The molecule has 100 valence electrons. The Morgan fingerprint density at radius 3 is 2.79 bits per heavy atom. The Labute approximate surface area is 117 Å². The quantitative estimate of drug-likeness (QED) is 0.646. The smallest absolute Gasteiger partial charge is 0.203 e. The molecule has 0 saturated carbocycles. The summed E-state index contributed by atoms with van der Waals surface area (Å²) in [5.74, 6) is 0.891. The molecule has 0 atom stereocenters. The van der Waals surface area contributed by atoms with Crippen LogP contribution < -0.4 is 10.2 Å². The number of hydrogen-bond donors (Lipinski definition) is 1. The lowest BCUT2D eigenvalue weighted by Crippen LogP contribution is -1.95. The second kappa shape index (κ2) is 6.89. The van der Waals surface area contributed by atoms with Gasteiger partial charge in [-0.15, -0.1) is 11.3 Å². The predicted molar refractivity (Wildman–Crippen MR) is 80.3 cm³/mol. The molecule has 1 aromatic heterocycles. The van der Waals surface area contributed by atoms with E-state index in [4.69, 9.17) is 4.74 Å². The van der Waals surface area contributed by atoms with Crippen molar-refractivity contribution in [2.24, 2.45) is 5.10 Å². The van der Waals surface area contributed by atoms with Crippen molar-refractivity contribution in [2.75, 3.05) is 12.0 Å². The van der Waals surface area contributed by atoms with Crippen LogP contribution in [0.4, 0.5) is 5.13 Å². The van der Waals surface area contributed by atoms with Gasteiger partial charge in [-0.1, -0.05) is 6.92 Å². The van der Waals surface area contributed by atoms with Crippen LogP contribution in [0.25, 0.3) is 0 Å². The fourth-order valence-electron chi connectivity index (χ4n) is 1.44. The molecule has 1 aromatic carbocycles. The van der Waals surface area contributed by atoms with Crippen molar-refractivity contribution in [3.63, 3.8) is 0 Å². The standard InChI is InChI=1S/C14H17N3OS/c1-3-8-18-13-6-4-12(5-7-13)9-15-17-14-16-11(2)10-19-14/h4-7,9-10H,3,8H2,1-2H3,(H,16,17)/b15-9+. The summed E-state index contributed by atoms with van der Waals surface area (Å²) in [6.45, 7) is 4.80. The van der Waals surface area contributed by atoms with E-state index < -0.39 is 0 Å². The summed E-state index contributed by atoms with van der Waals surface area (Å²) in [4.78, 5) is 4.26. The Morgan fingerprint density at radius 2 is 2.16 bits per heavy atom. The number of rotatable bonds is 6. The molecule has 0 amide bonds. The Kier molecular flexibility index (Phi) is 4.92. The predicted octanol–water partition coefficient (Wildman–Crippen LogP) is 3.69. The van der Waals surface area contributed by atoms with Crippen molar-refractivity contribution in [1.29, 1.82) is 0 Å². The highest BCUT2D eigenvalue weighted by atomic mass is 32.1. The van der Waals surface area contributed by atoms with Crippen molar-refractivity contribution < 1.29 is 4.74 Å². The Morgan fingerprint density at radius 1 is 1.37 bits per heavy atom. The minimum Gasteiger partial charge on any atom is -0.494 e. The highest BCUT2D eigenvalue weighted by Gasteiger charge is 1.95. The molecule has 2 aromatic rings. The minimum atomic E-state index is 0.748. The molecule has 0 aliphatic rings. The molecule has 0 saturated heterocycles. The Balaban J connectivity index is 1.88. The average Bonchev–Trinajstić information content (AvgIpc) is 2.84. The first kappa shape index (κ1) is 13.5. The molecule has 5 heteroatoms. The maximum Gasteiger partial charge on any atom is 0.203 e. The fourth-order valence-corrected chi connectivity index (χ4v) is 2.07. The van der Waals surface area contributed by atoms with Gasteiger partial charge in [0.25, 0.3) is 0 Å². The van der Waals surface area contributed by atoms with Crippen LogP contribution in [0.15, 0.2) is 34.7 Å². The molecule has 4 nitrogen and oxygen atoms in total. The van der Waals surface area contributed by atoms with Crippen molar-refractivity contribution in [3.8, 4) is 5.75 Å². The maximum absolute atomic E-state index is 5.52. The van der Waals surface area contributed by atoms with E-state index in [0.29, 0.717) is 0 Å². The van der Waals surface area contributed by atoms with E-state index in [1.807, 2.05) is 36.6 Å². The van der Waals surface area contributed by atoms with Crippen molar-refractivity contribution in [1.82, 2.24) is 4.98 Å². The largest absolute Gasteiger partial charge is 0.494 e. The molecule has 2 rings (SSSR count). The van der Waals surface area contributed by atoms with Gasteiger partial charge in [-0.25, -0.2) is 4.98 Å². The first-order valence-corrected chi connectivity index (χ1v) is 7.10. The number of aryl methyl sites for hydroxylation is 1. The normalized spacial score (nSPS) is 10.8. The molecule has 0 aliphatic carbocycles. The fraction of sp³-hybridized carbons (Fsp3) is 0.286. The number of nitrogens with zero attached hydrogens (tertiary/aromatic N) is 2. The molecule has 0 aliphatic heterocycles. The highest BCUT2D eigenvalue weighted by molar-refractivity contribution is 7.13. The topological polar surface area (TPSA) is 46.5 Å². The summed E-state index contributed by atoms with van der Waals surface area (Å²) in [6, 6.07) is 7.85. The van der Waals surface area contributed by atoms with Crippen molar-refractivity contribution >= 4 is 22.7 Å². The van der Waals surface area contributed by atoms with Crippen LogP contribution in [0.3, 0.4) is 0 Å². The van der Waals surface area contributed by atoms with E-state index in [-0.39, 0.29) is 0 Å². The zero-order chi connectivity index (χ0) is 13.5. The van der Waals surface area contributed by atoms with Gasteiger partial charge in [0.2, 0.25) is 5.13 Å². The third-order valence-electron chi connectivity index (χ3n) is 2.35. The molecule has 19 heavy (non-hydrogen) atoms. The molecule has 1 N–H and O–H groups in total. The lowest BCUT2D eigenvalue weighted by atomic mass is 10.2. The van der Waals surface area contributed by atoms with Crippen LogP contribution in [0.1, 0.15) is 24.6 Å². The van der Waals surface area contributed by atoms with E-state index in [0.717, 1.165) is 35.2 Å². The van der Waals surface area contributed by atoms with Gasteiger partial charge >= 0.3 is 0 Å². The number of benzene rings is 1. The van der Waals surface area contributed by atoms with E-state index in [9.17, 15) is 0 Å². The molecule has 0 unspecified atom stereocenters. The monoisotopic (exact) mass is 275 g/mol. The Hall–Kier alpha value is -1.88. The van der Waals surface area contributed by atoms with Gasteiger partial charge in [0, 0.05) is 5.38 Å². The van der Waals surface area contributed by atoms with Crippen LogP contribution in [-0.2, 0) is 0 Å². The van der Waals surface area contributed by atoms with Crippen LogP contribution in [0.5, 0.6) is 5.75 Å². The average molecular weight is 275 g/mol. The third kappa shape index (κ3) is 4.37. The summed E-state index contributed by atoms with van der Waals surface area (Å²) in [7, 11) is 0. The van der Waals surface area contributed by atoms with Gasteiger partial charge in [-0.05, 0) is 43.2 Å². The number of ether oxygens (including phenoxy) is 1. The van der Waals surface area contributed by atoms with Gasteiger partial charge < -0.3 is 4.74 Å². The molecular weight excluding hydrogens is 258 g/mol. The zero-order valence-electron chi connectivity index (χ0n) is 11.1. The number of aromatic nitrogens is 1. The van der Waals surface area contributed by atoms with Gasteiger partial charge in [0.05, 0.1) is 18.5 Å². The second-order valence-electron chi connectivity index (χ2n) is 4.08. The van der Waals surface area contributed by atoms with Crippen molar-refractivity contribution in [3.05, 3.63) is 40.9 Å². The molecular formula is C14H17N3OS. The molecule has 0 bridgehead atoms. The summed E-state index contributed by atoms with van der Waals surface area (Å²) >= 11 is 1.54. The first-order valence-electron chi connectivity index (χ1n) is 6.22. The van der Waals surface area contributed by atoms with Crippen molar-refractivity contribution in [2.45, 2.75) is 20.3 Å². The maximum atomic E-state index is 5.52. The van der Waals surface area contributed by atoms with E-state index in [1.165, 1.54) is 0 Å². The number of nitrogens with one attached hydrogen (secondary N) is 1. The number of thiazole rings is 1. The summed E-state index contributed by atoms with van der Waals surface area (Å²) in [5.41, 5.74) is 4.93. The zero-order valence-corrected chi connectivity index (χ0v) is 11.9. The molecule has 1 heterocycles. The molecule has 0 spiro atoms. The van der Waals surface area contributed by atoms with Gasteiger partial charge in [-0.3, -0.25) is 5.43 Å². The number of hydrogen-bond acceptors (Lipinski definition) is 5. The SMILES string of the molecule is CCCOc1ccc(/C=N/Nc2nc(C)cs2)cc1. The highest BCUT2D eigenvalue weighted by Crippen LogP contribution is 2.14. The van der Waals surface area contributed by atoms with Gasteiger partial charge in [0.1, 0.15) is 5.75 Å². The second-order valence-corrected chi connectivity index (χ2v) is 4.94. The van der Waals surface area contributed by atoms with Gasteiger partial charge in [-0.2, -0.15) is 5.10 Å². The van der Waals surface area contributed by atoms with Crippen LogP contribution >= 0.6 is 11.3 Å². The van der Waals surface area contributed by atoms with Crippen LogP contribution in [0, 0.1) is 6.92 Å². The summed E-state index contributed by atoms with van der Waals surface area (Å²) < 4.78 is 5.52. The van der Waals surface area contributed by atoms with Crippen LogP contribution in [-0.4, -0.2) is 17.8 Å². The van der Waals surface area contributed by atoms with E-state index >= 15 is 0 Å². The molecule has 0 radical (unpaired) electrons. The third-order valence-corrected chi connectivity index (χ3v) is 3.21. The van der Waals surface area contributed by atoms with Gasteiger partial charge in [0.15, 0.2) is 0 Å². The number of anilines is 1. The van der Waals surface area contributed by atoms with E-state index in [1.54, 1.807) is 17.6 Å². The minimum absolute atomic E-state index is 0.748. The summed E-state index contributed by atoms with van der Waals surface area (Å²) in [6.07, 6.45) is 2.78. The number of hydrazone groups is 1. The lowest BCUT2D eigenvalue weighted by Gasteiger charge is -2.03. The lowest BCUT2D eigenvalue weighted by molar-refractivity contribution is 0.317. The summed E-state index contributed by atoms with van der Waals surface area (Å²) in [5, 5.41) is 6.94. The van der Waals surface area contributed by atoms with Crippen LogP contribution in [0.2, 0.25) is 0 Å². The Bertz CT molecular complexity index is 534.